The molecule has 1 heterocycles. The monoisotopic (exact) mass is 235 g/mol. The Bertz CT molecular complexity index is 542. The highest BCUT2D eigenvalue weighted by atomic mass is 35.5. The van der Waals surface area contributed by atoms with E-state index in [0.29, 0.717) is 23.0 Å². The van der Waals surface area contributed by atoms with Crippen molar-refractivity contribution >= 4 is 17.9 Å². The molecule has 2 nitrogen and oxygen atoms in total. The molecular weight excluding hydrogens is 229 g/mol. The van der Waals surface area contributed by atoms with Crippen LogP contribution in [0.25, 0.3) is 11.1 Å². The number of carbonyl (C=O) groups is 1. The van der Waals surface area contributed by atoms with Crippen LogP contribution in [0, 0.1) is 5.82 Å². The average molecular weight is 236 g/mol. The SMILES string of the molecule is O=Cc1c(Cl)cncc1-c1cccc(F)c1. The highest BCUT2D eigenvalue weighted by molar-refractivity contribution is 6.33. The fourth-order valence-corrected chi connectivity index (χ4v) is 1.65. The molecule has 0 saturated carbocycles. The third-order valence-corrected chi connectivity index (χ3v) is 2.49. The number of nitrogens with zero attached hydrogens (tertiary/aromatic N) is 1. The Labute approximate surface area is 96.7 Å². The molecule has 0 aliphatic rings. The lowest BCUT2D eigenvalue weighted by molar-refractivity contribution is 0.112. The number of aldehydes is 1. The molecule has 0 fully saturated rings. The predicted octanol–water partition coefficient (Wildman–Crippen LogP) is 3.35. The zero-order valence-corrected chi connectivity index (χ0v) is 8.91. The molecule has 4 heteroatoms. The van der Waals surface area contributed by atoms with Gasteiger partial charge in [-0.1, -0.05) is 23.7 Å². The first kappa shape index (κ1) is 10.8. The lowest BCUT2D eigenvalue weighted by Gasteiger charge is -2.05. The third kappa shape index (κ3) is 1.95. The van der Waals surface area contributed by atoms with Crippen LogP contribution in [-0.2, 0) is 0 Å². The van der Waals surface area contributed by atoms with Crippen molar-refractivity contribution in [2.75, 3.05) is 0 Å². The van der Waals surface area contributed by atoms with Gasteiger partial charge in [-0.2, -0.15) is 0 Å². The number of aromatic nitrogens is 1. The molecule has 0 atom stereocenters. The summed E-state index contributed by atoms with van der Waals surface area (Å²) in [4.78, 5) is 14.8. The predicted molar refractivity (Wildman–Crippen MR) is 60.0 cm³/mol. The fraction of sp³-hybridized carbons (Fsp3) is 0. The molecule has 1 aromatic heterocycles. The lowest BCUT2D eigenvalue weighted by Crippen LogP contribution is -1.91. The standard InChI is InChI=1S/C12H7ClFNO/c13-12-6-15-5-10(11(12)7-16)8-2-1-3-9(14)4-8/h1-7H. The van der Waals surface area contributed by atoms with Gasteiger partial charge in [-0.3, -0.25) is 9.78 Å². The normalized spacial score (nSPS) is 10.1. The number of hydrogen-bond donors (Lipinski definition) is 0. The second-order valence-electron chi connectivity index (χ2n) is 3.21. The summed E-state index contributed by atoms with van der Waals surface area (Å²) in [5.74, 6) is -0.366. The molecular formula is C12H7ClFNO. The van der Waals surface area contributed by atoms with E-state index in [9.17, 15) is 9.18 Å². The molecule has 0 saturated heterocycles. The Morgan fingerprint density at radius 1 is 1.31 bits per heavy atom. The molecule has 0 aliphatic carbocycles. The Morgan fingerprint density at radius 3 is 2.81 bits per heavy atom. The summed E-state index contributed by atoms with van der Waals surface area (Å²) in [7, 11) is 0. The molecule has 80 valence electrons. The number of benzene rings is 1. The maximum absolute atomic E-state index is 13.0. The van der Waals surface area contributed by atoms with E-state index in [0.717, 1.165) is 0 Å². The van der Waals surface area contributed by atoms with Crippen molar-refractivity contribution in [3.05, 3.63) is 53.1 Å². The molecule has 0 unspecified atom stereocenters. The number of carbonyl (C=O) groups excluding carboxylic acids is 1. The van der Waals surface area contributed by atoms with Crippen LogP contribution in [0.3, 0.4) is 0 Å². The zero-order chi connectivity index (χ0) is 11.5. The fourth-order valence-electron chi connectivity index (χ4n) is 1.45. The van der Waals surface area contributed by atoms with Gasteiger partial charge in [-0.15, -0.1) is 0 Å². The van der Waals surface area contributed by atoms with Crippen molar-refractivity contribution in [3.63, 3.8) is 0 Å². The van der Waals surface area contributed by atoms with Gasteiger partial charge in [0.2, 0.25) is 0 Å². The first-order chi connectivity index (χ1) is 7.72. The van der Waals surface area contributed by atoms with Crippen LogP contribution < -0.4 is 0 Å². The minimum absolute atomic E-state index is 0.261. The number of halogens is 2. The quantitative estimate of drug-likeness (QED) is 0.747. The van der Waals surface area contributed by atoms with E-state index >= 15 is 0 Å². The second kappa shape index (κ2) is 4.41. The van der Waals surface area contributed by atoms with Crippen LogP contribution in [0.5, 0.6) is 0 Å². The molecule has 16 heavy (non-hydrogen) atoms. The molecule has 0 amide bonds. The molecule has 0 radical (unpaired) electrons. The highest BCUT2D eigenvalue weighted by Gasteiger charge is 2.09. The van der Waals surface area contributed by atoms with Gasteiger partial charge in [0.15, 0.2) is 6.29 Å². The van der Waals surface area contributed by atoms with Crippen LogP contribution in [0.1, 0.15) is 10.4 Å². The van der Waals surface area contributed by atoms with Gasteiger partial charge < -0.3 is 0 Å². The topological polar surface area (TPSA) is 30.0 Å². The Morgan fingerprint density at radius 2 is 2.12 bits per heavy atom. The van der Waals surface area contributed by atoms with Crippen molar-refractivity contribution in [1.82, 2.24) is 4.98 Å². The number of hydrogen-bond acceptors (Lipinski definition) is 2. The minimum Gasteiger partial charge on any atom is -0.298 e. The van der Waals surface area contributed by atoms with Crippen molar-refractivity contribution in [2.45, 2.75) is 0 Å². The van der Waals surface area contributed by atoms with E-state index in [4.69, 9.17) is 11.6 Å². The molecule has 0 spiro atoms. The summed E-state index contributed by atoms with van der Waals surface area (Å²) < 4.78 is 13.0. The van der Waals surface area contributed by atoms with E-state index in [-0.39, 0.29) is 10.8 Å². The molecule has 0 aliphatic heterocycles. The summed E-state index contributed by atoms with van der Waals surface area (Å²) in [6.07, 6.45) is 3.52. The van der Waals surface area contributed by atoms with Crippen LogP contribution in [0.15, 0.2) is 36.7 Å². The first-order valence-electron chi connectivity index (χ1n) is 4.57. The van der Waals surface area contributed by atoms with E-state index < -0.39 is 0 Å². The third-order valence-electron chi connectivity index (χ3n) is 2.19. The average Bonchev–Trinajstić information content (AvgIpc) is 2.28. The van der Waals surface area contributed by atoms with Crippen LogP contribution in [0.4, 0.5) is 4.39 Å². The lowest BCUT2D eigenvalue weighted by atomic mass is 10.0. The van der Waals surface area contributed by atoms with Gasteiger partial charge in [-0.05, 0) is 17.7 Å². The van der Waals surface area contributed by atoms with Crippen LogP contribution in [0.2, 0.25) is 5.02 Å². The maximum Gasteiger partial charge on any atom is 0.152 e. The summed E-state index contributed by atoms with van der Waals surface area (Å²) in [6, 6.07) is 5.94. The smallest absolute Gasteiger partial charge is 0.152 e. The summed E-state index contributed by atoms with van der Waals surface area (Å²) in [5.41, 5.74) is 1.43. The second-order valence-corrected chi connectivity index (χ2v) is 3.62. The van der Waals surface area contributed by atoms with Gasteiger partial charge >= 0.3 is 0 Å². The minimum atomic E-state index is -0.366. The summed E-state index contributed by atoms with van der Waals surface area (Å²) in [6.45, 7) is 0. The molecule has 2 rings (SSSR count). The van der Waals surface area contributed by atoms with Gasteiger partial charge in [0.05, 0.1) is 5.02 Å². The number of pyridine rings is 1. The first-order valence-corrected chi connectivity index (χ1v) is 4.95. The number of rotatable bonds is 2. The largest absolute Gasteiger partial charge is 0.298 e. The maximum atomic E-state index is 13.0. The molecule has 0 bridgehead atoms. The zero-order valence-electron chi connectivity index (χ0n) is 8.15. The Hall–Kier alpha value is -1.74. The molecule has 2 aromatic rings. The summed E-state index contributed by atoms with van der Waals surface area (Å²) in [5, 5.41) is 0.261. The van der Waals surface area contributed by atoms with Crippen molar-refractivity contribution in [2.24, 2.45) is 0 Å². The van der Waals surface area contributed by atoms with E-state index in [1.165, 1.54) is 24.5 Å². The van der Waals surface area contributed by atoms with Gasteiger partial charge in [0.1, 0.15) is 5.82 Å². The summed E-state index contributed by atoms with van der Waals surface area (Å²) >= 11 is 5.83. The van der Waals surface area contributed by atoms with Crippen molar-refractivity contribution < 1.29 is 9.18 Å². The Kier molecular flexibility index (Phi) is 2.97. The Balaban J connectivity index is 2.64. The molecule has 1 aromatic carbocycles. The van der Waals surface area contributed by atoms with Gasteiger partial charge in [-0.25, -0.2) is 4.39 Å². The van der Waals surface area contributed by atoms with Crippen molar-refractivity contribution in [3.8, 4) is 11.1 Å². The van der Waals surface area contributed by atoms with Gasteiger partial charge in [0.25, 0.3) is 0 Å². The highest BCUT2D eigenvalue weighted by Crippen LogP contribution is 2.26. The van der Waals surface area contributed by atoms with E-state index in [2.05, 4.69) is 4.98 Å². The van der Waals surface area contributed by atoms with Crippen molar-refractivity contribution in [1.29, 1.82) is 0 Å². The van der Waals surface area contributed by atoms with Gasteiger partial charge in [0, 0.05) is 23.5 Å². The van der Waals surface area contributed by atoms with E-state index in [1.54, 1.807) is 12.1 Å². The van der Waals surface area contributed by atoms with Crippen LogP contribution in [-0.4, -0.2) is 11.3 Å². The van der Waals surface area contributed by atoms with E-state index in [1.807, 2.05) is 0 Å². The molecule has 0 N–H and O–H groups in total. The van der Waals surface area contributed by atoms with Crippen LogP contribution >= 0.6 is 11.6 Å².